The molecule has 0 unspecified atom stereocenters. The molecule has 0 aliphatic carbocycles. The maximum atomic E-state index is 12.8. The van der Waals surface area contributed by atoms with E-state index in [1.165, 1.54) is 0 Å². The van der Waals surface area contributed by atoms with Gasteiger partial charge >= 0.3 is 0 Å². The molecule has 2 heterocycles. The number of aromatic nitrogens is 2. The highest BCUT2D eigenvalue weighted by molar-refractivity contribution is 5.92. The first-order valence-corrected chi connectivity index (χ1v) is 12.2. The lowest BCUT2D eigenvalue weighted by Gasteiger charge is -2.24. The van der Waals surface area contributed by atoms with Crippen LogP contribution in [0.5, 0.6) is 5.75 Å². The molecule has 0 aliphatic rings. The first-order chi connectivity index (χ1) is 17.5. The summed E-state index contributed by atoms with van der Waals surface area (Å²) >= 11 is 0. The summed E-state index contributed by atoms with van der Waals surface area (Å²) in [4.78, 5) is 32.7. The SMILES string of the molecule is CN(C(=O)CCN(CCCOc1ccc2c(ccc(=O)n2C)c1)Cc1ccncc1)c1ccccc1. The molecular weight excluding hydrogens is 452 g/mol. The van der Waals surface area contributed by atoms with Crippen molar-refractivity contribution in [1.29, 1.82) is 0 Å². The standard InChI is InChI=1S/C29H32N4O3/c1-31(25-7-4-3-5-8-25)29(35)15-19-33(22-23-13-16-30-17-14-23)18-6-20-36-26-10-11-27-24(21-26)9-12-28(34)32(27)2/h3-5,7-14,16-17,21H,6,15,18-20,22H2,1-2H3. The van der Waals surface area contributed by atoms with E-state index in [4.69, 9.17) is 4.74 Å². The van der Waals surface area contributed by atoms with Gasteiger partial charge < -0.3 is 14.2 Å². The van der Waals surface area contributed by atoms with Crippen molar-refractivity contribution < 1.29 is 9.53 Å². The second kappa shape index (κ2) is 12.1. The molecule has 0 saturated carbocycles. The van der Waals surface area contributed by atoms with Gasteiger partial charge in [0.05, 0.1) is 12.1 Å². The number of pyridine rings is 2. The van der Waals surface area contributed by atoms with Crippen molar-refractivity contribution in [3.63, 3.8) is 0 Å². The van der Waals surface area contributed by atoms with E-state index in [1.807, 2.05) is 73.8 Å². The Morgan fingerprint density at radius 1 is 0.972 bits per heavy atom. The third kappa shape index (κ3) is 6.58. The van der Waals surface area contributed by atoms with Crippen LogP contribution in [-0.4, -0.2) is 47.1 Å². The van der Waals surface area contributed by atoms with E-state index in [0.29, 0.717) is 19.6 Å². The molecule has 0 fully saturated rings. The molecule has 4 rings (SSSR count). The van der Waals surface area contributed by atoms with Crippen LogP contribution in [-0.2, 0) is 18.4 Å². The minimum absolute atomic E-state index is 0.0288. The number of carbonyl (C=O) groups is 1. The Balaban J connectivity index is 1.33. The zero-order valence-corrected chi connectivity index (χ0v) is 20.8. The summed E-state index contributed by atoms with van der Waals surface area (Å²) in [5, 5.41) is 0.968. The Kier molecular flexibility index (Phi) is 8.47. The van der Waals surface area contributed by atoms with Crippen molar-refractivity contribution in [3.8, 4) is 5.75 Å². The van der Waals surface area contributed by atoms with Crippen LogP contribution in [0, 0.1) is 0 Å². The van der Waals surface area contributed by atoms with Crippen LogP contribution in [0.3, 0.4) is 0 Å². The highest BCUT2D eigenvalue weighted by atomic mass is 16.5. The van der Waals surface area contributed by atoms with Crippen molar-refractivity contribution in [2.75, 3.05) is 31.6 Å². The monoisotopic (exact) mass is 484 g/mol. The number of fused-ring (bicyclic) bond motifs is 1. The van der Waals surface area contributed by atoms with E-state index in [2.05, 4.69) is 9.88 Å². The molecular formula is C29H32N4O3. The summed E-state index contributed by atoms with van der Waals surface area (Å²) in [6.45, 7) is 2.76. The van der Waals surface area contributed by atoms with Gasteiger partial charge in [0.1, 0.15) is 5.75 Å². The van der Waals surface area contributed by atoms with Gasteiger partial charge in [-0.3, -0.25) is 19.5 Å². The van der Waals surface area contributed by atoms with Gasteiger partial charge in [-0.1, -0.05) is 18.2 Å². The molecule has 7 heteroatoms. The van der Waals surface area contributed by atoms with Crippen molar-refractivity contribution in [1.82, 2.24) is 14.5 Å². The molecule has 2 aromatic heterocycles. The average Bonchev–Trinajstić information content (AvgIpc) is 2.92. The van der Waals surface area contributed by atoms with E-state index < -0.39 is 0 Å². The fraction of sp³-hybridized carbons (Fsp3) is 0.276. The van der Waals surface area contributed by atoms with Crippen LogP contribution in [0.1, 0.15) is 18.4 Å². The smallest absolute Gasteiger partial charge is 0.250 e. The van der Waals surface area contributed by atoms with Gasteiger partial charge in [-0.05, 0) is 60.5 Å². The molecule has 36 heavy (non-hydrogen) atoms. The highest BCUT2D eigenvalue weighted by Crippen LogP contribution is 2.19. The summed E-state index contributed by atoms with van der Waals surface area (Å²) < 4.78 is 7.64. The van der Waals surface area contributed by atoms with Crippen LogP contribution < -0.4 is 15.2 Å². The number of para-hydroxylation sites is 1. The lowest BCUT2D eigenvalue weighted by molar-refractivity contribution is -0.118. The second-order valence-corrected chi connectivity index (χ2v) is 8.82. The number of carbonyl (C=O) groups excluding carboxylic acids is 1. The molecule has 4 aromatic rings. The number of aryl methyl sites for hydroxylation is 1. The number of benzene rings is 2. The molecule has 2 aromatic carbocycles. The Hall–Kier alpha value is -3.97. The number of nitrogens with zero attached hydrogens (tertiary/aromatic N) is 4. The van der Waals surface area contributed by atoms with Gasteiger partial charge in [0.25, 0.3) is 5.56 Å². The molecule has 0 aliphatic heterocycles. The summed E-state index contributed by atoms with van der Waals surface area (Å²) in [5.41, 5.74) is 2.91. The van der Waals surface area contributed by atoms with Crippen molar-refractivity contribution in [3.05, 3.63) is 101 Å². The normalized spacial score (nSPS) is 11.1. The number of anilines is 1. The lowest BCUT2D eigenvalue weighted by Crippen LogP contribution is -2.33. The van der Waals surface area contributed by atoms with Gasteiger partial charge in [-0.15, -0.1) is 0 Å². The van der Waals surface area contributed by atoms with Gasteiger partial charge in [-0.25, -0.2) is 0 Å². The third-order valence-electron chi connectivity index (χ3n) is 6.30. The minimum atomic E-state index is -0.0288. The van der Waals surface area contributed by atoms with E-state index in [9.17, 15) is 9.59 Å². The molecule has 0 atom stereocenters. The summed E-state index contributed by atoms with van der Waals surface area (Å²) in [6.07, 6.45) is 4.83. The van der Waals surface area contributed by atoms with Crippen LogP contribution in [0.25, 0.3) is 10.9 Å². The van der Waals surface area contributed by atoms with E-state index >= 15 is 0 Å². The quantitative estimate of drug-likeness (QED) is 0.298. The number of rotatable bonds is 11. The van der Waals surface area contributed by atoms with Gasteiger partial charge in [0.15, 0.2) is 0 Å². The van der Waals surface area contributed by atoms with Crippen molar-refractivity contribution in [2.24, 2.45) is 7.05 Å². The zero-order chi connectivity index (χ0) is 25.3. The highest BCUT2D eigenvalue weighted by Gasteiger charge is 2.14. The predicted octanol–water partition coefficient (Wildman–Crippen LogP) is 4.26. The molecule has 7 nitrogen and oxygen atoms in total. The van der Waals surface area contributed by atoms with Crippen molar-refractivity contribution >= 4 is 22.5 Å². The number of hydrogen-bond acceptors (Lipinski definition) is 5. The van der Waals surface area contributed by atoms with Crippen molar-refractivity contribution in [2.45, 2.75) is 19.4 Å². The Morgan fingerprint density at radius 3 is 2.53 bits per heavy atom. The van der Waals surface area contributed by atoms with E-state index in [-0.39, 0.29) is 11.5 Å². The molecule has 0 radical (unpaired) electrons. The topological polar surface area (TPSA) is 67.7 Å². The third-order valence-corrected chi connectivity index (χ3v) is 6.30. The average molecular weight is 485 g/mol. The maximum absolute atomic E-state index is 12.8. The summed E-state index contributed by atoms with van der Waals surface area (Å²) in [7, 11) is 3.59. The lowest BCUT2D eigenvalue weighted by atomic mass is 10.2. The summed E-state index contributed by atoms with van der Waals surface area (Å²) in [6, 6.07) is 22.9. The van der Waals surface area contributed by atoms with Crippen LogP contribution in [0.4, 0.5) is 5.69 Å². The van der Waals surface area contributed by atoms with E-state index in [0.717, 1.165) is 47.4 Å². The first-order valence-electron chi connectivity index (χ1n) is 12.2. The van der Waals surface area contributed by atoms with Gasteiger partial charge in [0.2, 0.25) is 5.91 Å². The number of amides is 1. The minimum Gasteiger partial charge on any atom is -0.494 e. The first kappa shape index (κ1) is 25.1. The molecule has 186 valence electrons. The van der Waals surface area contributed by atoms with Gasteiger partial charge in [-0.2, -0.15) is 0 Å². The van der Waals surface area contributed by atoms with Gasteiger partial charge in [0, 0.05) is 69.7 Å². The molecule has 0 saturated heterocycles. The van der Waals surface area contributed by atoms with Crippen LogP contribution in [0.2, 0.25) is 0 Å². The Morgan fingerprint density at radius 2 is 1.75 bits per heavy atom. The second-order valence-electron chi connectivity index (χ2n) is 8.82. The van der Waals surface area contributed by atoms with Crippen LogP contribution in [0.15, 0.2) is 90.0 Å². The Labute approximate surface area is 211 Å². The maximum Gasteiger partial charge on any atom is 0.250 e. The molecule has 0 bridgehead atoms. The predicted molar refractivity (Wildman–Crippen MR) is 143 cm³/mol. The Bertz CT molecular complexity index is 1340. The fourth-order valence-corrected chi connectivity index (χ4v) is 4.16. The summed E-state index contributed by atoms with van der Waals surface area (Å²) in [5.74, 6) is 0.865. The number of ether oxygens (including phenoxy) is 1. The van der Waals surface area contributed by atoms with Crippen LogP contribution >= 0.6 is 0 Å². The molecule has 1 amide bonds. The van der Waals surface area contributed by atoms with E-state index in [1.54, 1.807) is 35.0 Å². The number of hydrogen-bond donors (Lipinski definition) is 0. The molecule has 0 spiro atoms. The zero-order valence-electron chi connectivity index (χ0n) is 20.8. The fourth-order valence-electron chi connectivity index (χ4n) is 4.16. The molecule has 0 N–H and O–H groups in total. The largest absolute Gasteiger partial charge is 0.494 e.